The standard InChI is InChI=1S/C21H28O5.Na.H/c1-20-7-6-13(24)8-12(20)2-3-14-15-4-5-16(18(26)10-22)21(15,11-23)9-17(25)19(14)20;;/h8,11,14-17,19,22,25H,2-7,9-10H2,1H3;;/t14-,15-,16+,17-,19+,20-,21+;;/m0../s1. The van der Waals surface area contributed by atoms with Crippen LogP contribution in [0.4, 0.5) is 0 Å². The van der Waals surface area contributed by atoms with Crippen LogP contribution in [-0.4, -0.2) is 70.3 Å². The summed E-state index contributed by atoms with van der Waals surface area (Å²) in [5.74, 6) is -0.241. The van der Waals surface area contributed by atoms with Crippen LogP contribution >= 0.6 is 0 Å². The number of aliphatic hydroxyl groups is 2. The van der Waals surface area contributed by atoms with E-state index in [0.29, 0.717) is 19.3 Å². The predicted molar refractivity (Wildman–Crippen MR) is 101 cm³/mol. The summed E-state index contributed by atoms with van der Waals surface area (Å²) in [6, 6.07) is 0. The topological polar surface area (TPSA) is 91.7 Å². The molecule has 0 amide bonds. The van der Waals surface area contributed by atoms with E-state index in [9.17, 15) is 24.6 Å². The van der Waals surface area contributed by atoms with E-state index in [2.05, 4.69) is 6.92 Å². The van der Waals surface area contributed by atoms with E-state index in [0.717, 1.165) is 37.5 Å². The Morgan fingerprint density at radius 2 is 2.04 bits per heavy atom. The molecule has 0 spiro atoms. The van der Waals surface area contributed by atoms with Crippen molar-refractivity contribution in [3.05, 3.63) is 11.6 Å². The van der Waals surface area contributed by atoms with E-state index in [-0.39, 0.29) is 64.3 Å². The van der Waals surface area contributed by atoms with Crippen molar-refractivity contribution in [3.63, 3.8) is 0 Å². The van der Waals surface area contributed by atoms with Crippen LogP contribution < -0.4 is 0 Å². The molecule has 4 rings (SSSR count). The SMILES string of the molecule is C[C@]12CCC(=O)C=C1CC[C@@H]1[C@@H]2[C@@H](O)C[C@]2(C=O)[C@@H](C(=O)CO)CC[C@@H]12.[NaH]. The van der Waals surface area contributed by atoms with Gasteiger partial charge in [-0.25, -0.2) is 0 Å². The Balaban J connectivity index is 0.00000210. The maximum absolute atomic E-state index is 12.3. The van der Waals surface area contributed by atoms with E-state index in [1.165, 1.54) is 0 Å². The van der Waals surface area contributed by atoms with Gasteiger partial charge < -0.3 is 15.0 Å². The van der Waals surface area contributed by atoms with Gasteiger partial charge in [0.15, 0.2) is 11.6 Å². The third-order valence-corrected chi connectivity index (χ3v) is 8.27. The Kier molecular flexibility index (Phi) is 5.93. The summed E-state index contributed by atoms with van der Waals surface area (Å²) in [4.78, 5) is 36.4. The summed E-state index contributed by atoms with van der Waals surface area (Å²) in [5, 5.41) is 20.5. The van der Waals surface area contributed by atoms with Gasteiger partial charge in [-0.3, -0.25) is 9.59 Å². The van der Waals surface area contributed by atoms with Crippen LogP contribution in [0.3, 0.4) is 0 Å². The predicted octanol–water partition coefficient (Wildman–Crippen LogP) is 1.20. The van der Waals surface area contributed by atoms with Crippen molar-refractivity contribution in [2.24, 2.45) is 34.5 Å². The third-order valence-electron chi connectivity index (χ3n) is 8.27. The normalized spacial score (nSPS) is 45.7. The molecule has 144 valence electrons. The van der Waals surface area contributed by atoms with Gasteiger partial charge in [0, 0.05) is 17.8 Å². The summed E-state index contributed by atoms with van der Waals surface area (Å²) in [7, 11) is 0. The van der Waals surface area contributed by atoms with Crippen LogP contribution in [0.1, 0.15) is 51.9 Å². The van der Waals surface area contributed by atoms with Gasteiger partial charge >= 0.3 is 29.6 Å². The molecule has 0 aliphatic heterocycles. The van der Waals surface area contributed by atoms with Crippen molar-refractivity contribution in [2.75, 3.05) is 6.61 Å². The molecule has 7 atom stereocenters. The Morgan fingerprint density at radius 3 is 2.70 bits per heavy atom. The number of aliphatic hydroxyl groups excluding tert-OH is 2. The molecule has 0 radical (unpaired) electrons. The molecule has 5 nitrogen and oxygen atoms in total. The van der Waals surface area contributed by atoms with E-state index < -0.39 is 24.0 Å². The Morgan fingerprint density at radius 1 is 1.30 bits per heavy atom. The molecule has 0 heterocycles. The molecule has 0 aromatic rings. The average molecular weight is 384 g/mol. The van der Waals surface area contributed by atoms with E-state index >= 15 is 0 Å². The summed E-state index contributed by atoms with van der Waals surface area (Å²) in [6.07, 6.45) is 6.75. The minimum absolute atomic E-state index is 0. The molecule has 0 aromatic heterocycles. The van der Waals surface area contributed by atoms with Crippen LogP contribution in [-0.2, 0) is 14.4 Å². The molecule has 0 bridgehead atoms. The molecule has 6 heteroatoms. The summed E-state index contributed by atoms with van der Waals surface area (Å²) in [6.45, 7) is 1.63. The van der Waals surface area contributed by atoms with E-state index in [1.54, 1.807) is 6.08 Å². The second-order valence-electron chi connectivity index (χ2n) is 9.14. The molecule has 4 aliphatic rings. The molecule has 0 unspecified atom stereocenters. The number of hydrogen-bond acceptors (Lipinski definition) is 5. The fourth-order valence-corrected chi connectivity index (χ4v) is 7.18. The van der Waals surface area contributed by atoms with Crippen LogP contribution in [0.5, 0.6) is 0 Å². The summed E-state index contributed by atoms with van der Waals surface area (Å²) in [5.41, 5.74) is 0.140. The Labute approximate surface area is 182 Å². The second-order valence-corrected chi connectivity index (χ2v) is 9.14. The molecule has 3 fully saturated rings. The number of carbonyl (C=O) groups is 3. The van der Waals surface area contributed by atoms with Crippen LogP contribution in [0.15, 0.2) is 11.6 Å². The van der Waals surface area contributed by atoms with Gasteiger partial charge in [0.2, 0.25) is 0 Å². The van der Waals surface area contributed by atoms with Gasteiger partial charge in [0.1, 0.15) is 12.9 Å². The zero-order valence-electron chi connectivity index (χ0n) is 15.3. The first kappa shape index (κ1) is 21.4. The van der Waals surface area contributed by atoms with Gasteiger partial charge in [0.25, 0.3) is 0 Å². The van der Waals surface area contributed by atoms with Crippen LogP contribution in [0.25, 0.3) is 0 Å². The molecule has 2 N–H and O–H groups in total. The van der Waals surface area contributed by atoms with Crippen molar-refractivity contribution in [1.82, 2.24) is 0 Å². The Bertz CT molecular complexity index is 688. The van der Waals surface area contributed by atoms with E-state index in [4.69, 9.17) is 0 Å². The number of allylic oxidation sites excluding steroid dienone is 1. The molecular formula is C21H29NaO5. The quantitative estimate of drug-likeness (QED) is 0.564. The number of Topliss-reactive ketones (excluding diaryl/α,β-unsaturated/α-hetero) is 1. The van der Waals surface area contributed by atoms with Crippen molar-refractivity contribution in [3.8, 4) is 0 Å². The first-order valence-electron chi connectivity index (χ1n) is 9.89. The molecule has 0 aromatic carbocycles. The molecule has 0 saturated heterocycles. The Hall–Kier alpha value is -0.330. The fraction of sp³-hybridized carbons (Fsp3) is 0.762. The number of fused-ring (bicyclic) bond motifs is 5. The number of carbonyl (C=O) groups excluding carboxylic acids is 3. The van der Waals surface area contributed by atoms with Crippen molar-refractivity contribution >= 4 is 47.4 Å². The number of ketones is 2. The zero-order chi connectivity index (χ0) is 18.7. The number of aldehydes is 1. The maximum atomic E-state index is 12.3. The first-order valence-corrected chi connectivity index (χ1v) is 9.89. The van der Waals surface area contributed by atoms with Crippen molar-refractivity contribution < 1.29 is 24.6 Å². The second kappa shape index (κ2) is 7.49. The van der Waals surface area contributed by atoms with Gasteiger partial charge in [-0.05, 0) is 67.8 Å². The number of hydrogen-bond donors (Lipinski definition) is 2. The average Bonchev–Trinajstić information content (AvgIpc) is 3.00. The van der Waals surface area contributed by atoms with Gasteiger partial charge in [-0.2, -0.15) is 0 Å². The molecule has 27 heavy (non-hydrogen) atoms. The first-order chi connectivity index (χ1) is 12.4. The molecule has 3 saturated carbocycles. The van der Waals surface area contributed by atoms with Gasteiger partial charge in [-0.15, -0.1) is 0 Å². The fourth-order valence-electron chi connectivity index (χ4n) is 7.18. The third kappa shape index (κ3) is 2.96. The van der Waals surface area contributed by atoms with Crippen LogP contribution in [0.2, 0.25) is 0 Å². The number of rotatable bonds is 3. The summed E-state index contributed by atoms with van der Waals surface area (Å²) >= 11 is 0. The van der Waals surface area contributed by atoms with E-state index in [1.807, 2.05) is 0 Å². The molecular weight excluding hydrogens is 355 g/mol. The van der Waals surface area contributed by atoms with Gasteiger partial charge in [0.05, 0.1) is 6.10 Å². The zero-order valence-corrected chi connectivity index (χ0v) is 15.3. The monoisotopic (exact) mass is 384 g/mol. The summed E-state index contributed by atoms with van der Waals surface area (Å²) < 4.78 is 0. The molecule has 4 aliphatic carbocycles. The minimum atomic E-state index is -0.831. The van der Waals surface area contributed by atoms with Crippen molar-refractivity contribution in [1.29, 1.82) is 0 Å². The van der Waals surface area contributed by atoms with Crippen LogP contribution in [0, 0.1) is 34.5 Å². The van der Waals surface area contributed by atoms with Gasteiger partial charge in [-0.1, -0.05) is 12.5 Å². The van der Waals surface area contributed by atoms with Crippen molar-refractivity contribution in [2.45, 2.75) is 58.0 Å².